The molecular formula is C15H23F3N2. The second-order valence-corrected chi connectivity index (χ2v) is 4.66. The van der Waals surface area contributed by atoms with Crippen LogP contribution in [0.3, 0.4) is 0 Å². The summed E-state index contributed by atoms with van der Waals surface area (Å²) in [5, 5.41) is 3.27. The van der Waals surface area contributed by atoms with Gasteiger partial charge < -0.3 is 10.2 Å². The summed E-state index contributed by atoms with van der Waals surface area (Å²) in [5.41, 5.74) is 0.0362. The van der Waals surface area contributed by atoms with Crippen LogP contribution in [0, 0.1) is 0 Å². The summed E-state index contributed by atoms with van der Waals surface area (Å²) in [6.45, 7) is 5.82. The number of nitrogens with zero attached hydrogens (tertiary/aromatic N) is 1. The lowest BCUT2D eigenvalue weighted by Gasteiger charge is -2.33. The van der Waals surface area contributed by atoms with E-state index in [9.17, 15) is 13.2 Å². The third-order valence-electron chi connectivity index (χ3n) is 3.40. The summed E-state index contributed by atoms with van der Waals surface area (Å²) in [6, 6.07) is 5.78. The number of hydrogen-bond acceptors (Lipinski definition) is 2. The van der Waals surface area contributed by atoms with Crippen molar-refractivity contribution in [3.63, 3.8) is 0 Å². The van der Waals surface area contributed by atoms with Crippen LogP contribution in [0.25, 0.3) is 0 Å². The number of hydrogen-bond donors (Lipinski definition) is 1. The van der Waals surface area contributed by atoms with Crippen LogP contribution in [0.5, 0.6) is 0 Å². The molecule has 0 amide bonds. The highest BCUT2D eigenvalue weighted by atomic mass is 19.4. The van der Waals surface area contributed by atoms with Crippen LogP contribution in [0.1, 0.15) is 32.3 Å². The molecule has 1 saturated heterocycles. The normalized spacial score (nSPS) is 19.0. The van der Waals surface area contributed by atoms with Gasteiger partial charge in [-0.25, -0.2) is 0 Å². The average molecular weight is 288 g/mol. The number of alkyl halides is 3. The third kappa shape index (κ3) is 4.40. The van der Waals surface area contributed by atoms with Crippen molar-refractivity contribution in [3.05, 3.63) is 29.8 Å². The van der Waals surface area contributed by atoms with E-state index in [-0.39, 0.29) is 6.04 Å². The number of piperidine rings is 1. The molecule has 1 aromatic rings. The van der Waals surface area contributed by atoms with Crippen LogP contribution in [-0.2, 0) is 6.18 Å². The van der Waals surface area contributed by atoms with Gasteiger partial charge in [-0.2, -0.15) is 13.2 Å². The summed E-state index contributed by atoms with van der Waals surface area (Å²) in [4.78, 5) is 1.93. The maximum absolute atomic E-state index is 12.6. The van der Waals surface area contributed by atoms with Crippen LogP contribution in [0.4, 0.5) is 18.9 Å². The summed E-state index contributed by atoms with van der Waals surface area (Å²) in [5.74, 6) is 0. The van der Waals surface area contributed by atoms with Gasteiger partial charge in [0.1, 0.15) is 0 Å². The minimum absolute atomic E-state index is 0.266. The second kappa shape index (κ2) is 7.53. The molecule has 0 spiro atoms. The van der Waals surface area contributed by atoms with Crippen LogP contribution in [0.2, 0.25) is 0 Å². The lowest BCUT2D eigenvalue weighted by atomic mass is 10.1. The maximum Gasteiger partial charge on any atom is 0.416 e. The zero-order valence-corrected chi connectivity index (χ0v) is 12.3. The van der Waals surface area contributed by atoms with Gasteiger partial charge >= 0.3 is 6.18 Å². The minimum Gasteiger partial charge on any atom is -0.370 e. The molecule has 5 heteroatoms. The van der Waals surface area contributed by atoms with Gasteiger partial charge in [0.05, 0.1) is 5.56 Å². The number of anilines is 1. The Hall–Kier alpha value is -1.23. The fraction of sp³-hybridized carbons (Fsp3) is 0.600. The predicted molar refractivity (Wildman–Crippen MR) is 77.1 cm³/mol. The van der Waals surface area contributed by atoms with E-state index in [0.717, 1.165) is 32.0 Å². The monoisotopic (exact) mass is 288 g/mol. The van der Waals surface area contributed by atoms with Crippen molar-refractivity contribution in [2.24, 2.45) is 0 Å². The van der Waals surface area contributed by atoms with Gasteiger partial charge in [0.25, 0.3) is 0 Å². The molecule has 1 aromatic carbocycles. The molecular weight excluding hydrogens is 265 g/mol. The van der Waals surface area contributed by atoms with Crippen molar-refractivity contribution in [1.29, 1.82) is 0 Å². The summed E-state index contributed by atoms with van der Waals surface area (Å²) < 4.78 is 37.9. The van der Waals surface area contributed by atoms with Crippen molar-refractivity contribution >= 4 is 5.69 Å². The third-order valence-corrected chi connectivity index (χ3v) is 3.40. The topological polar surface area (TPSA) is 15.3 Å². The molecule has 0 saturated carbocycles. The molecule has 1 N–H and O–H groups in total. The molecule has 0 aliphatic carbocycles. The zero-order chi connectivity index (χ0) is 15.2. The van der Waals surface area contributed by atoms with E-state index in [1.54, 1.807) is 6.07 Å². The largest absolute Gasteiger partial charge is 0.416 e. The predicted octanol–water partition coefficient (Wildman–Crippen LogP) is 3.92. The SMILES string of the molecule is CC.CN(c1cccc(C(F)(F)F)c1)C1CCCNC1. The molecule has 20 heavy (non-hydrogen) atoms. The van der Waals surface area contributed by atoms with Crippen molar-refractivity contribution < 1.29 is 13.2 Å². The molecule has 2 nitrogen and oxygen atoms in total. The fourth-order valence-electron chi connectivity index (χ4n) is 2.28. The number of benzene rings is 1. The highest BCUT2D eigenvalue weighted by Gasteiger charge is 2.31. The number of halogens is 3. The van der Waals surface area contributed by atoms with Gasteiger partial charge in [-0.1, -0.05) is 19.9 Å². The lowest BCUT2D eigenvalue weighted by molar-refractivity contribution is -0.137. The van der Waals surface area contributed by atoms with Crippen LogP contribution in [0.15, 0.2) is 24.3 Å². The van der Waals surface area contributed by atoms with Gasteiger partial charge in [-0.3, -0.25) is 0 Å². The van der Waals surface area contributed by atoms with Crippen molar-refractivity contribution in [2.75, 3.05) is 25.0 Å². The molecule has 1 aliphatic heterocycles. The number of likely N-dealkylation sites (N-methyl/N-ethyl adjacent to an activating group) is 1. The summed E-state index contributed by atoms with van der Waals surface area (Å²) in [7, 11) is 1.85. The fourth-order valence-corrected chi connectivity index (χ4v) is 2.28. The number of rotatable bonds is 2. The molecule has 1 aliphatic rings. The molecule has 1 heterocycles. The van der Waals surface area contributed by atoms with E-state index in [1.807, 2.05) is 25.8 Å². The Balaban J connectivity index is 0.000000956. The first-order valence-corrected chi connectivity index (χ1v) is 7.09. The number of nitrogens with one attached hydrogen (secondary N) is 1. The van der Waals surface area contributed by atoms with Crippen LogP contribution >= 0.6 is 0 Å². The minimum atomic E-state index is -4.28. The molecule has 0 aromatic heterocycles. The standard InChI is InChI=1S/C13H17F3N2.C2H6/c1-18(12-6-3-7-17-9-12)11-5-2-4-10(8-11)13(14,15)16;1-2/h2,4-5,8,12,17H,3,6-7,9H2,1H3;1-2H3. The smallest absolute Gasteiger partial charge is 0.370 e. The van der Waals surface area contributed by atoms with E-state index in [1.165, 1.54) is 12.1 Å². The van der Waals surface area contributed by atoms with E-state index in [2.05, 4.69) is 5.32 Å². The second-order valence-electron chi connectivity index (χ2n) is 4.66. The maximum atomic E-state index is 12.6. The Morgan fingerprint density at radius 2 is 1.95 bits per heavy atom. The van der Waals surface area contributed by atoms with Crippen molar-refractivity contribution in [1.82, 2.24) is 5.32 Å². The quantitative estimate of drug-likeness (QED) is 0.887. The molecule has 2 rings (SSSR count). The Morgan fingerprint density at radius 1 is 1.25 bits per heavy atom. The molecule has 1 unspecified atom stereocenters. The first-order chi connectivity index (χ1) is 9.48. The molecule has 1 fully saturated rings. The van der Waals surface area contributed by atoms with Gasteiger partial charge in [-0.05, 0) is 37.6 Å². The summed E-state index contributed by atoms with van der Waals surface area (Å²) in [6.07, 6.45) is -2.20. The first-order valence-electron chi connectivity index (χ1n) is 7.09. The van der Waals surface area contributed by atoms with E-state index < -0.39 is 11.7 Å². The van der Waals surface area contributed by atoms with E-state index >= 15 is 0 Å². The highest BCUT2D eigenvalue weighted by Crippen LogP contribution is 2.32. The van der Waals surface area contributed by atoms with Gasteiger partial charge in [-0.15, -0.1) is 0 Å². The van der Waals surface area contributed by atoms with Gasteiger partial charge in [0, 0.05) is 25.3 Å². The molecule has 1 atom stereocenters. The molecule has 114 valence electrons. The summed E-state index contributed by atoms with van der Waals surface area (Å²) >= 11 is 0. The van der Waals surface area contributed by atoms with Crippen LogP contribution in [-0.4, -0.2) is 26.2 Å². The van der Waals surface area contributed by atoms with Crippen molar-refractivity contribution in [3.8, 4) is 0 Å². The average Bonchev–Trinajstić information content (AvgIpc) is 2.49. The Morgan fingerprint density at radius 3 is 2.50 bits per heavy atom. The molecule has 0 bridgehead atoms. The van der Waals surface area contributed by atoms with E-state index in [0.29, 0.717) is 5.69 Å². The molecule has 0 radical (unpaired) electrons. The lowest BCUT2D eigenvalue weighted by Crippen LogP contribution is -2.44. The Bertz CT molecular complexity index is 398. The zero-order valence-electron chi connectivity index (χ0n) is 12.3. The van der Waals surface area contributed by atoms with Gasteiger partial charge in [0.15, 0.2) is 0 Å². The highest BCUT2D eigenvalue weighted by molar-refractivity contribution is 5.49. The first kappa shape index (κ1) is 16.8. The van der Waals surface area contributed by atoms with Crippen molar-refractivity contribution in [2.45, 2.75) is 38.9 Å². The van der Waals surface area contributed by atoms with Gasteiger partial charge in [0.2, 0.25) is 0 Å². The van der Waals surface area contributed by atoms with Crippen LogP contribution < -0.4 is 10.2 Å². The Kier molecular flexibility index (Phi) is 6.33. The Labute approximate surface area is 119 Å². The van der Waals surface area contributed by atoms with E-state index in [4.69, 9.17) is 0 Å².